The Hall–Kier alpha value is -1.00. The van der Waals surface area contributed by atoms with Gasteiger partial charge in [-0.05, 0) is 37.0 Å². The van der Waals surface area contributed by atoms with Crippen molar-refractivity contribution < 1.29 is 9.53 Å². The number of carbonyl (C=O) groups is 1. The Bertz CT molecular complexity index is 430. The fourth-order valence-corrected chi connectivity index (χ4v) is 2.57. The number of methoxy groups -OCH3 is 1. The molecule has 0 saturated heterocycles. The molecule has 0 aliphatic heterocycles. The summed E-state index contributed by atoms with van der Waals surface area (Å²) in [6.45, 7) is 3.02. The van der Waals surface area contributed by atoms with Crippen LogP contribution in [0.4, 0.5) is 0 Å². The van der Waals surface area contributed by atoms with E-state index in [-0.39, 0.29) is 5.97 Å². The predicted octanol–water partition coefficient (Wildman–Crippen LogP) is 2.51. The number of hydrogen-bond acceptors (Lipinski definition) is 4. The number of benzene rings is 1. The van der Waals surface area contributed by atoms with Gasteiger partial charge in [-0.25, -0.2) is 0 Å². The zero-order chi connectivity index (χ0) is 13.0. The Morgan fingerprint density at radius 1 is 1.50 bits per heavy atom. The van der Waals surface area contributed by atoms with Crippen LogP contribution in [-0.2, 0) is 16.1 Å². The number of rotatable bonds is 6. The molecule has 1 aromatic carbocycles. The first-order valence-corrected chi connectivity index (χ1v) is 7.20. The molecule has 1 aliphatic rings. The molecule has 2 rings (SSSR count). The van der Waals surface area contributed by atoms with Gasteiger partial charge in [0.2, 0.25) is 0 Å². The molecule has 0 bridgehead atoms. The lowest BCUT2D eigenvalue weighted by molar-refractivity contribution is -0.137. The van der Waals surface area contributed by atoms with Gasteiger partial charge < -0.3 is 10.1 Å². The van der Waals surface area contributed by atoms with Crippen LogP contribution < -0.4 is 5.32 Å². The van der Waals surface area contributed by atoms with Gasteiger partial charge in [-0.3, -0.25) is 4.79 Å². The molecule has 4 heteroatoms. The summed E-state index contributed by atoms with van der Waals surface area (Å²) < 4.78 is 4.64. The van der Waals surface area contributed by atoms with Gasteiger partial charge in [0.25, 0.3) is 0 Å². The molecule has 0 amide bonds. The number of carbonyl (C=O) groups excluding carboxylic acids is 1. The van der Waals surface area contributed by atoms with Gasteiger partial charge in [0.15, 0.2) is 0 Å². The monoisotopic (exact) mass is 265 g/mol. The molecule has 0 aromatic heterocycles. The van der Waals surface area contributed by atoms with E-state index in [2.05, 4.69) is 35.2 Å². The number of ether oxygens (including phenoxy) is 1. The van der Waals surface area contributed by atoms with Crippen molar-refractivity contribution in [2.75, 3.05) is 12.9 Å². The van der Waals surface area contributed by atoms with E-state index < -0.39 is 0 Å². The fraction of sp³-hybridized carbons (Fsp3) is 0.500. The lowest BCUT2D eigenvalue weighted by Crippen LogP contribution is -2.15. The van der Waals surface area contributed by atoms with E-state index in [0.29, 0.717) is 5.75 Å². The molecule has 0 radical (unpaired) electrons. The van der Waals surface area contributed by atoms with E-state index in [9.17, 15) is 4.79 Å². The highest BCUT2D eigenvalue weighted by molar-refractivity contribution is 8.00. The van der Waals surface area contributed by atoms with Gasteiger partial charge in [-0.1, -0.05) is 12.1 Å². The summed E-state index contributed by atoms with van der Waals surface area (Å²) in [5, 5.41) is 3.50. The van der Waals surface area contributed by atoms with Crippen LogP contribution in [0.3, 0.4) is 0 Å². The van der Waals surface area contributed by atoms with Crippen molar-refractivity contribution in [1.29, 1.82) is 0 Å². The molecule has 1 fully saturated rings. The Morgan fingerprint density at radius 2 is 2.28 bits per heavy atom. The molecule has 1 aromatic rings. The third-order valence-corrected chi connectivity index (χ3v) is 4.13. The first-order chi connectivity index (χ1) is 8.69. The maximum Gasteiger partial charge on any atom is 0.315 e. The van der Waals surface area contributed by atoms with Gasteiger partial charge in [0, 0.05) is 17.5 Å². The molecule has 1 saturated carbocycles. The highest BCUT2D eigenvalue weighted by Gasteiger charge is 2.19. The Kier molecular flexibility index (Phi) is 4.66. The minimum Gasteiger partial charge on any atom is -0.468 e. The summed E-state index contributed by atoms with van der Waals surface area (Å²) in [4.78, 5) is 12.2. The molecule has 1 aliphatic carbocycles. The van der Waals surface area contributed by atoms with Crippen LogP contribution >= 0.6 is 11.8 Å². The van der Waals surface area contributed by atoms with Gasteiger partial charge in [-0.2, -0.15) is 0 Å². The Morgan fingerprint density at radius 3 is 2.89 bits per heavy atom. The first-order valence-electron chi connectivity index (χ1n) is 6.21. The number of hydrogen-bond donors (Lipinski definition) is 1. The second kappa shape index (κ2) is 6.25. The molecule has 0 spiro atoms. The molecule has 0 heterocycles. The van der Waals surface area contributed by atoms with Gasteiger partial charge in [-0.15, -0.1) is 11.8 Å². The second-order valence-electron chi connectivity index (χ2n) is 4.62. The molecule has 3 nitrogen and oxygen atoms in total. The smallest absolute Gasteiger partial charge is 0.315 e. The quantitative estimate of drug-likeness (QED) is 0.633. The van der Waals surface area contributed by atoms with Crippen LogP contribution in [0.5, 0.6) is 0 Å². The first kappa shape index (κ1) is 13.4. The number of aryl methyl sites for hydroxylation is 1. The average Bonchev–Trinajstić information content (AvgIpc) is 3.18. The number of thioether (sulfide) groups is 1. The standard InChI is InChI=1S/C14H19NO2S/c1-10-7-11(8-15-12-4-5-12)3-6-13(10)18-9-14(16)17-2/h3,6-7,12,15H,4-5,8-9H2,1-2H3. The maximum atomic E-state index is 11.1. The van der Waals surface area contributed by atoms with E-state index in [1.54, 1.807) is 0 Å². The third-order valence-electron chi connectivity index (χ3n) is 2.98. The van der Waals surface area contributed by atoms with Gasteiger partial charge in [0.1, 0.15) is 0 Å². The van der Waals surface area contributed by atoms with Crippen LogP contribution in [0, 0.1) is 6.92 Å². The summed E-state index contributed by atoms with van der Waals surface area (Å²) in [5.41, 5.74) is 2.53. The van der Waals surface area contributed by atoms with Crippen LogP contribution in [0.2, 0.25) is 0 Å². The summed E-state index contributed by atoms with van der Waals surface area (Å²) in [6.07, 6.45) is 2.62. The maximum absolute atomic E-state index is 11.1. The summed E-state index contributed by atoms with van der Waals surface area (Å²) in [7, 11) is 1.42. The van der Waals surface area contributed by atoms with Crippen LogP contribution in [-0.4, -0.2) is 24.9 Å². The van der Waals surface area contributed by atoms with Crippen molar-refractivity contribution in [3.63, 3.8) is 0 Å². The predicted molar refractivity (Wildman–Crippen MR) is 73.8 cm³/mol. The van der Waals surface area contributed by atoms with E-state index in [1.165, 1.54) is 42.8 Å². The van der Waals surface area contributed by atoms with E-state index >= 15 is 0 Å². The van der Waals surface area contributed by atoms with Crippen molar-refractivity contribution in [2.24, 2.45) is 0 Å². The van der Waals surface area contributed by atoms with Crippen molar-refractivity contribution in [1.82, 2.24) is 5.32 Å². The zero-order valence-corrected chi connectivity index (χ0v) is 11.7. The lowest BCUT2D eigenvalue weighted by Gasteiger charge is -2.08. The second-order valence-corrected chi connectivity index (χ2v) is 5.64. The minimum absolute atomic E-state index is 0.182. The molecule has 98 valence electrons. The molecular formula is C14H19NO2S. The van der Waals surface area contributed by atoms with Crippen molar-refractivity contribution in [3.05, 3.63) is 29.3 Å². The SMILES string of the molecule is COC(=O)CSc1ccc(CNC2CC2)cc1C. The van der Waals surface area contributed by atoms with Gasteiger partial charge in [0.05, 0.1) is 12.9 Å². The van der Waals surface area contributed by atoms with Crippen molar-refractivity contribution in [2.45, 2.75) is 37.2 Å². The molecule has 1 N–H and O–H groups in total. The average molecular weight is 265 g/mol. The third kappa shape index (κ3) is 4.03. The van der Waals surface area contributed by atoms with Crippen molar-refractivity contribution in [3.8, 4) is 0 Å². The van der Waals surface area contributed by atoms with E-state index in [1.807, 2.05) is 0 Å². The van der Waals surface area contributed by atoms with E-state index in [0.717, 1.165) is 17.5 Å². The summed E-state index contributed by atoms with van der Waals surface area (Å²) in [6, 6.07) is 7.14. The van der Waals surface area contributed by atoms with Crippen LogP contribution in [0.25, 0.3) is 0 Å². The minimum atomic E-state index is -0.182. The highest BCUT2D eigenvalue weighted by Crippen LogP contribution is 2.24. The molecular weight excluding hydrogens is 246 g/mol. The molecule has 0 atom stereocenters. The molecule has 0 unspecified atom stereocenters. The summed E-state index contributed by atoms with van der Waals surface area (Å²) >= 11 is 1.53. The number of nitrogens with one attached hydrogen (secondary N) is 1. The van der Waals surface area contributed by atoms with Gasteiger partial charge >= 0.3 is 5.97 Å². The normalized spacial score (nSPS) is 14.6. The molecule has 18 heavy (non-hydrogen) atoms. The summed E-state index contributed by atoms with van der Waals surface area (Å²) in [5.74, 6) is 0.190. The Balaban J connectivity index is 1.89. The largest absolute Gasteiger partial charge is 0.468 e. The van der Waals surface area contributed by atoms with Crippen molar-refractivity contribution >= 4 is 17.7 Å². The lowest BCUT2D eigenvalue weighted by atomic mass is 10.1. The Labute approximate surface area is 112 Å². The van der Waals surface area contributed by atoms with Crippen LogP contribution in [0.1, 0.15) is 24.0 Å². The van der Waals surface area contributed by atoms with E-state index in [4.69, 9.17) is 0 Å². The van der Waals surface area contributed by atoms with Crippen LogP contribution in [0.15, 0.2) is 23.1 Å². The topological polar surface area (TPSA) is 38.3 Å². The fourth-order valence-electron chi connectivity index (χ4n) is 1.73. The number of esters is 1. The zero-order valence-electron chi connectivity index (χ0n) is 10.9. The highest BCUT2D eigenvalue weighted by atomic mass is 32.2.